The minimum absolute atomic E-state index is 0.310. The lowest BCUT2D eigenvalue weighted by Crippen LogP contribution is -2.39. The number of hydrogen-bond donors (Lipinski definition) is 0. The second-order valence-corrected chi connectivity index (χ2v) is 10.4. The van der Waals surface area contributed by atoms with E-state index >= 15 is 0 Å². The van der Waals surface area contributed by atoms with Crippen molar-refractivity contribution in [3.8, 4) is 0 Å². The first kappa shape index (κ1) is 19.2. The van der Waals surface area contributed by atoms with Gasteiger partial charge in [-0.1, -0.05) is 48.0 Å². The number of aryl methyl sites for hydroxylation is 1. The van der Waals surface area contributed by atoms with E-state index in [1.54, 1.807) is 23.5 Å². The molecule has 1 aliphatic heterocycles. The summed E-state index contributed by atoms with van der Waals surface area (Å²) < 4.78 is 25.8. The van der Waals surface area contributed by atoms with Crippen LogP contribution in [0.5, 0.6) is 0 Å². The van der Waals surface area contributed by atoms with Gasteiger partial charge in [-0.15, -0.1) is 11.3 Å². The third-order valence-corrected chi connectivity index (χ3v) is 8.50. The van der Waals surface area contributed by atoms with Crippen LogP contribution in [-0.2, 0) is 16.3 Å². The Bertz CT molecular complexity index is 1020. The number of sulfone groups is 1. The predicted octanol–water partition coefficient (Wildman–Crippen LogP) is 4.49. The van der Waals surface area contributed by atoms with Crippen LogP contribution in [0.4, 0.5) is 5.13 Å². The van der Waals surface area contributed by atoms with Crippen LogP contribution in [0, 0.1) is 6.92 Å². The molecule has 2 aromatic carbocycles. The zero-order chi connectivity index (χ0) is 19.6. The van der Waals surface area contributed by atoms with Crippen LogP contribution in [0.1, 0.15) is 29.7 Å². The summed E-state index contributed by atoms with van der Waals surface area (Å²) in [6.45, 7) is 3.43. The van der Waals surface area contributed by atoms with Crippen molar-refractivity contribution in [2.75, 3.05) is 18.0 Å². The number of anilines is 1. The molecule has 4 nitrogen and oxygen atoms in total. The maximum atomic E-state index is 12.9. The van der Waals surface area contributed by atoms with Gasteiger partial charge in [0.1, 0.15) is 0 Å². The van der Waals surface area contributed by atoms with E-state index in [1.165, 1.54) is 5.56 Å². The number of aromatic nitrogens is 1. The van der Waals surface area contributed by atoms with Gasteiger partial charge in [0.25, 0.3) is 0 Å². The second-order valence-electron chi connectivity index (χ2n) is 7.33. The molecule has 0 N–H and O–H groups in total. The molecule has 0 atom stereocenters. The maximum absolute atomic E-state index is 12.9. The Kier molecular flexibility index (Phi) is 5.51. The van der Waals surface area contributed by atoms with Gasteiger partial charge in [-0.25, -0.2) is 13.4 Å². The van der Waals surface area contributed by atoms with Gasteiger partial charge in [-0.05, 0) is 37.5 Å². The molecule has 6 heteroatoms. The molecule has 0 amide bonds. The van der Waals surface area contributed by atoms with E-state index in [1.807, 2.05) is 37.3 Å². The number of benzene rings is 2. The van der Waals surface area contributed by atoms with E-state index in [0.717, 1.165) is 35.9 Å². The highest BCUT2D eigenvalue weighted by molar-refractivity contribution is 7.92. The Balaban J connectivity index is 1.40. The van der Waals surface area contributed by atoms with Crippen LogP contribution < -0.4 is 4.90 Å². The molecule has 1 aliphatic rings. The third kappa shape index (κ3) is 4.13. The van der Waals surface area contributed by atoms with Crippen molar-refractivity contribution < 1.29 is 8.42 Å². The monoisotopic (exact) mass is 412 g/mol. The Labute approximate surface area is 170 Å². The highest BCUT2D eigenvalue weighted by Crippen LogP contribution is 2.29. The predicted molar refractivity (Wildman–Crippen MR) is 115 cm³/mol. The number of thiazole rings is 1. The first-order valence-electron chi connectivity index (χ1n) is 9.56. The van der Waals surface area contributed by atoms with Crippen molar-refractivity contribution >= 4 is 26.3 Å². The molecular formula is C22H24N2O2S2. The first-order valence-corrected chi connectivity index (χ1v) is 12.0. The van der Waals surface area contributed by atoms with Crippen LogP contribution in [0.2, 0.25) is 0 Å². The molecule has 1 aromatic heterocycles. The summed E-state index contributed by atoms with van der Waals surface area (Å²) in [5.41, 5.74) is 3.40. The van der Waals surface area contributed by atoms with Crippen LogP contribution in [0.25, 0.3) is 0 Å². The van der Waals surface area contributed by atoms with E-state index in [4.69, 9.17) is 4.98 Å². The van der Waals surface area contributed by atoms with Gasteiger partial charge in [-0.3, -0.25) is 0 Å². The minimum Gasteiger partial charge on any atom is -0.348 e. The lowest BCUT2D eigenvalue weighted by molar-refractivity contribution is 0.529. The average Bonchev–Trinajstić information content (AvgIpc) is 3.18. The molecule has 0 saturated carbocycles. The quantitative estimate of drug-likeness (QED) is 0.620. The molecule has 4 rings (SSSR count). The van der Waals surface area contributed by atoms with Crippen LogP contribution in [0.15, 0.2) is 64.9 Å². The number of hydrogen-bond acceptors (Lipinski definition) is 5. The van der Waals surface area contributed by atoms with Gasteiger partial charge < -0.3 is 4.90 Å². The fraction of sp³-hybridized carbons (Fsp3) is 0.318. The average molecular weight is 413 g/mol. The van der Waals surface area contributed by atoms with Crippen molar-refractivity contribution in [2.45, 2.75) is 36.3 Å². The molecule has 1 saturated heterocycles. The number of piperidine rings is 1. The minimum atomic E-state index is -3.26. The zero-order valence-corrected chi connectivity index (χ0v) is 17.5. The maximum Gasteiger partial charge on any atom is 0.185 e. The summed E-state index contributed by atoms with van der Waals surface area (Å²) in [7, 11) is -3.26. The molecule has 146 valence electrons. The van der Waals surface area contributed by atoms with Crippen molar-refractivity contribution in [1.29, 1.82) is 0 Å². The second kappa shape index (κ2) is 8.05. The fourth-order valence-electron chi connectivity index (χ4n) is 3.61. The fourth-order valence-corrected chi connectivity index (χ4v) is 6.22. The van der Waals surface area contributed by atoms with Gasteiger partial charge in [-0.2, -0.15) is 0 Å². The summed E-state index contributed by atoms with van der Waals surface area (Å²) >= 11 is 1.65. The molecule has 0 unspecified atom stereocenters. The van der Waals surface area contributed by atoms with Crippen molar-refractivity contribution in [3.63, 3.8) is 0 Å². The van der Waals surface area contributed by atoms with Crippen molar-refractivity contribution in [2.24, 2.45) is 0 Å². The molecule has 1 fully saturated rings. The molecule has 0 radical (unpaired) electrons. The topological polar surface area (TPSA) is 50.3 Å². The summed E-state index contributed by atoms with van der Waals surface area (Å²) in [5, 5.41) is 2.80. The standard InChI is InChI=1S/C22H24N2O2S2/c1-17-7-9-20(10-8-17)28(25,26)21-11-13-24(14-12-21)22-23-19(16-27-22)15-18-5-3-2-4-6-18/h2-10,16,21H,11-15H2,1H3. The van der Waals surface area contributed by atoms with E-state index in [9.17, 15) is 8.42 Å². The lowest BCUT2D eigenvalue weighted by atomic mass is 10.1. The van der Waals surface area contributed by atoms with E-state index in [2.05, 4.69) is 22.4 Å². The molecule has 0 bridgehead atoms. The lowest BCUT2D eigenvalue weighted by Gasteiger charge is -2.31. The molecule has 3 aromatic rings. The van der Waals surface area contributed by atoms with Crippen molar-refractivity contribution in [1.82, 2.24) is 4.98 Å². The Morgan fingerprint density at radius 2 is 1.71 bits per heavy atom. The van der Waals surface area contributed by atoms with E-state index in [-0.39, 0.29) is 5.25 Å². The first-order chi connectivity index (χ1) is 13.5. The Morgan fingerprint density at radius 3 is 2.39 bits per heavy atom. The summed E-state index contributed by atoms with van der Waals surface area (Å²) in [6.07, 6.45) is 2.11. The largest absolute Gasteiger partial charge is 0.348 e. The van der Waals surface area contributed by atoms with Gasteiger partial charge in [0.15, 0.2) is 15.0 Å². The molecule has 2 heterocycles. The molecule has 0 spiro atoms. The van der Waals surface area contributed by atoms with E-state index < -0.39 is 9.84 Å². The summed E-state index contributed by atoms with van der Waals surface area (Å²) in [4.78, 5) is 7.44. The van der Waals surface area contributed by atoms with Gasteiger partial charge in [0, 0.05) is 24.9 Å². The van der Waals surface area contributed by atoms with Crippen LogP contribution in [-0.4, -0.2) is 31.7 Å². The molecule has 28 heavy (non-hydrogen) atoms. The van der Waals surface area contributed by atoms with E-state index in [0.29, 0.717) is 17.7 Å². The SMILES string of the molecule is Cc1ccc(S(=O)(=O)C2CCN(c3nc(Cc4ccccc4)cs3)CC2)cc1. The Hall–Kier alpha value is -2.18. The number of nitrogens with zero attached hydrogens (tertiary/aromatic N) is 2. The molecular weight excluding hydrogens is 388 g/mol. The van der Waals surface area contributed by atoms with Gasteiger partial charge in [0.05, 0.1) is 15.8 Å². The van der Waals surface area contributed by atoms with Crippen LogP contribution >= 0.6 is 11.3 Å². The zero-order valence-electron chi connectivity index (χ0n) is 15.9. The third-order valence-electron chi connectivity index (χ3n) is 5.27. The Morgan fingerprint density at radius 1 is 1.04 bits per heavy atom. The normalized spacial score (nSPS) is 15.7. The van der Waals surface area contributed by atoms with Gasteiger partial charge in [0.2, 0.25) is 0 Å². The highest BCUT2D eigenvalue weighted by Gasteiger charge is 2.32. The van der Waals surface area contributed by atoms with Gasteiger partial charge >= 0.3 is 0 Å². The number of rotatable bonds is 5. The smallest absolute Gasteiger partial charge is 0.185 e. The summed E-state index contributed by atoms with van der Waals surface area (Å²) in [6, 6.07) is 17.5. The van der Waals surface area contributed by atoms with Crippen LogP contribution in [0.3, 0.4) is 0 Å². The molecule has 0 aliphatic carbocycles. The summed E-state index contributed by atoms with van der Waals surface area (Å²) in [5.74, 6) is 0. The highest BCUT2D eigenvalue weighted by atomic mass is 32.2. The van der Waals surface area contributed by atoms with Crippen molar-refractivity contribution in [3.05, 3.63) is 76.8 Å².